The fourth-order valence-electron chi connectivity index (χ4n) is 3.54. The Morgan fingerprint density at radius 2 is 1.76 bits per heavy atom. The van der Waals surface area contributed by atoms with Crippen LogP contribution < -0.4 is 0 Å². The van der Waals surface area contributed by atoms with Crippen LogP contribution in [0.5, 0.6) is 0 Å². The van der Waals surface area contributed by atoms with Crippen LogP contribution in [0.3, 0.4) is 0 Å². The van der Waals surface area contributed by atoms with E-state index in [4.69, 9.17) is 4.42 Å². The lowest BCUT2D eigenvalue weighted by atomic mass is 9.95. The number of rotatable bonds is 6. The minimum Gasteiger partial charge on any atom is -0.503 e. The number of benzene rings is 2. The first kappa shape index (κ1) is 18.7. The summed E-state index contributed by atoms with van der Waals surface area (Å²) in [5, 5.41) is 10.5. The Labute approximate surface area is 166 Å². The van der Waals surface area contributed by atoms with E-state index in [2.05, 4.69) is 0 Å². The minimum atomic E-state index is -0.829. The lowest BCUT2D eigenvalue weighted by molar-refractivity contribution is -0.129. The molecule has 1 aliphatic heterocycles. The Hall–Kier alpha value is -3.67. The highest BCUT2D eigenvalue weighted by molar-refractivity contribution is 6.15. The molecule has 1 N–H and O–H groups in total. The molecule has 6 heteroatoms. The normalized spacial score (nSPS) is 16.5. The van der Waals surface area contributed by atoms with Crippen molar-refractivity contribution in [2.75, 3.05) is 6.54 Å². The molecule has 0 aliphatic carbocycles. The number of aliphatic hydroxyl groups excluding tert-OH is 1. The molecule has 0 radical (unpaired) electrons. The van der Waals surface area contributed by atoms with Gasteiger partial charge in [0.05, 0.1) is 17.9 Å². The van der Waals surface area contributed by atoms with Crippen LogP contribution in [0.1, 0.15) is 27.7 Å². The number of furan rings is 1. The topological polar surface area (TPSA) is 70.8 Å². The van der Waals surface area contributed by atoms with Crippen LogP contribution >= 0.6 is 0 Å². The molecule has 146 valence electrons. The van der Waals surface area contributed by atoms with E-state index < -0.39 is 29.3 Å². The van der Waals surface area contributed by atoms with Crippen LogP contribution in [0.15, 0.2) is 88.7 Å². The first-order valence-corrected chi connectivity index (χ1v) is 9.18. The molecule has 2 aromatic carbocycles. The van der Waals surface area contributed by atoms with Gasteiger partial charge in [0.15, 0.2) is 11.5 Å². The summed E-state index contributed by atoms with van der Waals surface area (Å²) in [6, 6.07) is 17.3. The van der Waals surface area contributed by atoms with Gasteiger partial charge in [-0.15, -0.1) is 0 Å². The van der Waals surface area contributed by atoms with Gasteiger partial charge in [-0.05, 0) is 41.8 Å². The number of carbonyl (C=O) groups excluding carboxylic acids is 2. The summed E-state index contributed by atoms with van der Waals surface area (Å²) in [5.41, 5.74) is 1.49. The number of carbonyl (C=O) groups is 2. The fourth-order valence-corrected chi connectivity index (χ4v) is 3.54. The van der Waals surface area contributed by atoms with Crippen molar-refractivity contribution in [3.63, 3.8) is 0 Å². The lowest BCUT2D eigenvalue weighted by Gasteiger charge is -2.26. The maximum absolute atomic E-state index is 13.4. The molecule has 0 fully saturated rings. The van der Waals surface area contributed by atoms with Crippen molar-refractivity contribution in [2.45, 2.75) is 12.5 Å². The van der Waals surface area contributed by atoms with Crippen molar-refractivity contribution in [3.8, 4) is 0 Å². The van der Waals surface area contributed by atoms with Crippen molar-refractivity contribution >= 4 is 11.7 Å². The van der Waals surface area contributed by atoms with Crippen molar-refractivity contribution in [1.29, 1.82) is 0 Å². The summed E-state index contributed by atoms with van der Waals surface area (Å²) in [6.45, 7) is 0.282. The van der Waals surface area contributed by atoms with Gasteiger partial charge in [-0.25, -0.2) is 4.39 Å². The van der Waals surface area contributed by atoms with Crippen molar-refractivity contribution < 1.29 is 23.5 Å². The van der Waals surface area contributed by atoms with Gasteiger partial charge < -0.3 is 14.4 Å². The third kappa shape index (κ3) is 3.57. The van der Waals surface area contributed by atoms with Gasteiger partial charge in [-0.3, -0.25) is 9.59 Å². The zero-order chi connectivity index (χ0) is 20.4. The zero-order valence-corrected chi connectivity index (χ0v) is 15.4. The second kappa shape index (κ2) is 7.75. The molecule has 1 aromatic heterocycles. The van der Waals surface area contributed by atoms with E-state index in [1.807, 2.05) is 30.3 Å². The first-order chi connectivity index (χ1) is 14.1. The molecule has 3 aromatic rings. The monoisotopic (exact) mass is 391 g/mol. The third-order valence-electron chi connectivity index (χ3n) is 4.96. The molecule has 0 bridgehead atoms. The fraction of sp³-hybridized carbons (Fsp3) is 0.130. The SMILES string of the molecule is O=C(C1=C(O)C(=O)N(CCc2ccccc2)C1c1ccc(F)cc1)c1ccco1. The predicted octanol–water partition coefficient (Wildman–Crippen LogP) is 4.24. The Bertz CT molecular complexity index is 1060. The molecule has 1 atom stereocenters. The maximum atomic E-state index is 13.4. The number of hydrogen-bond donors (Lipinski definition) is 1. The number of nitrogens with zero attached hydrogens (tertiary/aromatic N) is 1. The smallest absolute Gasteiger partial charge is 0.290 e. The molecule has 0 saturated carbocycles. The van der Waals surface area contributed by atoms with Crippen LogP contribution in [-0.2, 0) is 11.2 Å². The molecular weight excluding hydrogens is 373 g/mol. The molecule has 0 spiro atoms. The van der Waals surface area contributed by atoms with E-state index in [0.29, 0.717) is 12.0 Å². The van der Waals surface area contributed by atoms with Gasteiger partial charge in [0, 0.05) is 6.54 Å². The summed E-state index contributed by atoms with van der Waals surface area (Å²) in [6.07, 6.45) is 1.89. The average Bonchev–Trinajstić information content (AvgIpc) is 3.36. The number of halogens is 1. The predicted molar refractivity (Wildman–Crippen MR) is 104 cm³/mol. The molecule has 4 rings (SSSR count). The summed E-state index contributed by atoms with van der Waals surface area (Å²) in [7, 11) is 0. The summed E-state index contributed by atoms with van der Waals surface area (Å²) in [5.74, 6) is -2.21. The van der Waals surface area contributed by atoms with E-state index in [1.165, 1.54) is 41.5 Å². The maximum Gasteiger partial charge on any atom is 0.290 e. The van der Waals surface area contributed by atoms with Gasteiger partial charge in [0.1, 0.15) is 5.82 Å². The molecule has 1 aliphatic rings. The second-order valence-corrected chi connectivity index (χ2v) is 6.76. The van der Waals surface area contributed by atoms with Gasteiger partial charge in [-0.2, -0.15) is 0 Å². The minimum absolute atomic E-state index is 0.0244. The molecule has 2 heterocycles. The van der Waals surface area contributed by atoms with Crippen LogP contribution in [0, 0.1) is 5.82 Å². The zero-order valence-electron chi connectivity index (χ0n) is 15.4. The van der Waals surface area contributed by atoms with Crippen molar-refractivity contribution in [2.24, 2.45) is 0 Å². The molecule has 0 saturated heterocycles. The van der Waals surface area contributed by atoms with E-state index in [-0.39, 0.29) is 17.9 Å². The molecular formula is C23H18FNO4. The number of hydrogen-bond acceptors (Lipinski definition) is 4. The highest BCUT2D eigenvalue weighted by Gasteiger charge is 2.44. The quantitative estimate of drug-likeness (QED) is 0.638. The highest BCUT2D eigenvalue weighted by atomic mass is 19.1. The van der Waals surface area contributed by atoms with Crippen LogP contribution in [-0.4, -0.2) is 28.2 Å². The van der Waals surface area contributed by atoms with E-state index in [1.54, 1.807) is 6.07 Å². The molecule has 1 amide bonds. The molecule has 29 heavy (non-hydrogen) atoms. The largest absolute Gasteiger partial charge is 0.503 e. The van der Waals surface area contributed by atoms with Gasteiger partial charge in [0.25, 0.3) is 5.91 Å². The van der Waals surface area contributed by atoms with E-state index in [0.717, 1.165) is 5.56 Å². The van der Waals surface area contributed by atoms with Crippen molar-refractivity contribution in [3.05, 3.63) is 107 Å². The number of aliphatic hydroxyl groups is 1. The summed E-state index contributed by atoms with van der Waals surface area (Å²) >= 11 is 0. The van der Waals surface area contributed by atoms with Crippen LogP contribution in [0.4, 0.5) is 4.39 Å². The van der Waals surface area contributed by atoms with Gasteiger partial charge in [-0.1, -0.05) is 42.5 Å². The van der Waals surface area contributed by atoms with Gasteiger partial charge >= 0.3 is 0 Å². The second-order valence-electron chi connectivity index (χ2n) is 6.76. The molecule has 1 unspecified atom stereocenters. The van der Waals surface area contributed by atoms with Crippen LogP contribution in [0.2, 0.25) is 0 Å². The van der Waals surface area contributed by atoms with Gasteiger partial charge in [0.2, 0.25) is 5.78 Å². The average molecular weight is 391 g/mol. The number of ketones is 1. The summed E-state index contributed by atoms with van der Waals surface area (Å²) < 4.78 is 18.6. The third-order valence-corrected chi connectivity index (χ3v) is 4.96. The van der Waals surface area contributed by atoms with Crippen LogP contribution in [0.25, 0.3) is 0 Å². The summed E-state index contributed by atoms with van der Waals surface area (Å²) in [4.78, 5) is 27.2. The number of amides is 1. The van der Waals surface area contributed by atoms with Crippen molar-refractivity contribution in [1.82, 2.24) is 4.90 Å². The van der Waals surface area contributed by atoms with E-state index >= 15 is 0 Å². The Balaban J connectivity index is 1.71. The highest BCUT2D eigenvalue weighted by Crippen LogP contribution is 2.39. The Morgan fingerprint density at radius 3 is 2.41 bits per heavy atom. The Kier molecular flexibility index (Phi) is 4.99. The standard InChI is InChI=1S/C23H18FNO4/c24-17-10-8-16(9-11-17)20-19(21(26)18-7-4-14-29-18)22(27)23(28)25(20)13-12-15-5-2-1-3-6-15/h1-11,14,20,27H,12-13H2. The number of Topliss-reactive ketones (excluding diaryl/α,β-unsaturated/α-hetero) is 1. The van der Waals surface area contributed by atoms with E-state index in [9.17, 15) is 19.1 Å². The first-order valence-electron chi connectivity index (χ1n) is 9.18. The lowest BCUT2D eigenvalue weighted by Crippen LogP contribution is -2.33. The Morgan fingerprint density at radius 1 is 1.03 bits per heavy atom. The molecule has 5 nitrogen and oxygen atoms in total.